The van der Waals surface area contributed by atoms with Crippen molar-refractivity contribution < 1.29 is 28.9 Å². The number of carbonyl (C=O) groups excluding carboxylic acids is 1. The molecule has 1 aliphatic heterocycles. The summed E-state index contributed by atoms with van der Waals surface area (Å²) in [5.74, 6) is -0.0797. The summed E-state index contributed by atoms with van der Waals surface area (Å²) >= 11 is 0. The smallest absolute Gasteiger partial charge is 0.337 e. The van der Waals surface area contributed by atoms with Crippen LogP contribution in [0.5, 0.6) is 11.5 Å². The van der Waals surface area contributed by atoms with Gasteiger partial charge in [-0.15, -0.1) is 0 Å². The molecule has 194 valence electrons. The molecule has 0 saturated carbocycles. The van der Waals surface area contributed by atoms with E-state index in [4.69, 9.17) is 14.2 Å². The van der Waals surface area contributed by atoms with E-state index in [0.717, 1.165) is 11.1 Å². The summed E-state index contributed by atoms with van der Waals surface area (Å²) in [5, 5.41) is 9.88. The van der Waals surface area contributed by atoms with E-state index in [0.29, 0.717) is 55.8 Å². The van der Waals surface area contributed by atoms with Gasteiger partial charge in [0, 0.05) is 25.7 Å². The molecular formula is C29H32N2O6. The van der Waals surface area contributed by atoms with E-state index in [-0.39, 0.29) is 18.0 Å². The number of carbonyl (C=O) groups is 2. The van der Waals surface area contributed by atoms with Crippen molar-refractivity contribution in [2.75, 3.05) is 43.2 Å². The quantitative estimate of drug-likeness (QED) is 0.453. The van der Waals surface area contributed by atoms with Crippen molar-refractivity contribution in [3.05, 3.63) is 82.9 Å². The van der Waals surface area contributed by atoms with Crippen LogP contribution in [0.4, 0.5) is 11.4 Å². The first-order chi connectivity index (χ1) is 17.9. The lowest BCUT2D eigenvalue weighted by Gasteiger charge is -2.31. The average molecular weight is 505 g/mol. The normalized spacial score (nSPS) is 13.2. The first kappa shape index (κ1) is 26.0. The highest BCUT2D eigenvalue weighted by molar-refractivity contribution is 5.98. The number of benzene rings is 3. The number of hydrogen-bond donors (Lipinski definition) is 1. The molecule has 8 heteroatoms. The number of morpholine rings is 1. The third kappa shape index (κ3) is 6.40. The number of aryl methyl sites for hydroxylation is 1. The van der Waals surface area contributed by atoms with Crippen molar-refractivity contribution in [1.29, 1.82) is 0 Å². The topological polar surface area (TPSA) is 88.5 Å². The van der Waals surface area contributed by atoms with Gasteiger partial charge in [-0.3, -0.25) is 4.79 Å². The first-order valence-corrected chi connectivity index (χ1v) is 12.2. The van der Waals surface area contributed by atoms with Crippen LogP contribution in [0.1, 0.15) is 34.0 Å². The van der Waals surface area contributed by atoms with Crippen LogP contribution >= 0.6 is 0 Å². The largest absolute Gasteiger partial charge is 0.493 e. The predicted molar refractivity (Wildman–Crippen MR) is 142 cm³/mol. The Morgan fingerprint density at radius 1 is 0.973 bits per heavy atom. The number of carboxylic acid groups (broad SMARTS) is 1. The second kappa shape index (κ2) is 11.8. The van der Waals surface area contributed by atoms with Crippen LogP contribution in [-0.4, -0.2) is 50.4 Å². The Kier molecular flexibility index (Phi) is 8.30. The molecule has 1 N–H and O–H groups in total. The summed E-state index contributed by atoms with van der Waals surface area (Å²) in [7, 11) is 1.57. The maximum atomic E-state index is 12.6. The second-order valence-corrected chi connectivity index (χ2v) is 8.97. The Balaban J connectivity index is 1.54. The van der Waals surface area contributed by atoms with Crippen molar-refractivity contribution in [2.45, 2.75) is 27.0 Å². The summed E-state index contributed by atoms with van der Waals surface area (Å²) < 4.78 is 16.9. The molecule has 3 aromatic carbocycles. The highest BCUT2D eigenvalue weighted by atomic mass is 16.5. The third-order valence-electron chi connectivity index (χ3n) is 6.34. The van der Waals surface area contributed by atoms with Crippen molar-refractivity contribution in [1.82, 2.24) is 0 Å². The Hall–Kier alpha value is -4.04. The Morgan fingerprint density at radius 2 is 1.68 bits per heavy atom. The van der Waals surface area contributed by atoms with Crippen molar-refractivity contribution in [3.63, 3.8) is 0 Å². The number of methoxy groups -OCH3 is 1. The van der Waals surface area contributed by atoms with Gasteiger partial charge in [-0.25, -0.2) is 4.79 Å². The highest BCUT2D eigenvalue weighted by Crippen LogP contribution is 2.32. The van der Waals surface area contributed by atoms with Crippen LogP contribution < -0.4 is 19.3 Å². The van der Waals surface area contributed by atoms with Gasteiger partial charge in [-0.2, -0.15) is 0 Å². The molecule has 0 bridgehead atoms. The van der Waals surface area contributed by atoms with Crippen LogP contribution in [0.3, 0.4) is 0 Å². The zero-order valence-electron chi connectivity index (χ0n) is 21.4. The maximum Gasteiger partial charge on any atom is 0.337 e. The van der Waals surface area contributed by atoms with Gasteiger partial charge in [0.1, 0.15) is 6.61 Å². The fraction of sp³-hybridized carbons (Fsp3) is 0.310. The molecule has 0 aromatic heterocycles. The zero-order chi connectivity index (χ0) is 26.4. The lowest BCUT2D eigenvalue weighted by molar-refractivity contribution is -0.116. The number of amides is 1. The third-order valence-corrected chi connectivity index (χ3v) is 6.34. The summed E-state index contributed by atoms with van der Waals surface area (Å²) in [4.78, 5) is 28.2. The Bertz CT molecular complexity index is 1250. The van der Waals surface area contributed by atoms with Gasteiger partial charge in [0.15, 0.2) is 11.5 Å². The van der Waals surface area contributed by atoms with Gasteiger partial charge in [0.2, 0.25) is 5.91 Å². The van der Waals surface area contributed by atoms with E-state index in [2.05, 4.69) is 0 Å². The maximum absolute atomic E-state index is 12.6. The molecule has 1 amide bonds. The predicted octanol–water partition coefficient (Wildman–Crippen LogP) is 4.67. The number of nitrogens with zero attached hydrogens (tertiary/aromatic N) is 2. The molecular weight excluding hydrogens is 472 g/mol. The molecule has 0 unspecified atom stereocenters. The summed E-state index contributed by atoms with van der Waals surface area (Å²) in [6.07, 6.45) is 0. The number of anilines is 2. The first-order valence-electron chi connectivity index (χ1n) is 12.2. The minimum Gasteiger partial charge on any atom is -0.493 e. The van der Waals surface area contributed by atoms with Crippen LogP contribution in [-0.2, 0) is 22.7 Å². The van der Waals surface area contributed by atoms with E-state index >= 15 is 0 Å². The molecule has 0 spiro atoms. The number of hydrogen-bond acceptors (Lipinski definition) is 6. The SMILES string of the molecule is COc1cc(CN(C(C)=O)c2ccc(N3CCOCC3)c(C(=O)O)c2)ccc1OCc1ccc(C)cc1. The number of rotatable bonds is 9. The number of carboxylic acids is 1. The lowest BCUT2D eigenvalue weighted by Crippen LogP contribution is -2.37. The van der Waals surface area contributed by atoms with E-state index in [1.807, 2.05) is 54.3 Å². The monoisotopic (exact) mass is 504 g/mol. The highest BCUT2D eigenvalue weighted by Gasteiger charge is 2.22. The summed E-state index contributed by atoms with van der Waals surface area (Å²) in [5.41, 5.74) is 4.36. The molecule has 1 aliphatic rings. The van der Waals surface area contributed by atoms with Crippen LogP contribution in [0, 0.1) is 6.92 Å². The van der Waals surface area contributed by atoms with Gasteiger partial charge in [0.25, 0.3) is 0 Å². The molecule has 0 aliphatic carbocycles. The van der Waals surface area contributed by atoms with E-state index in [9.17, 15) is 14.7 Å². The number of aromatic carboxylic acids is 1. The molecule has 1 saturated heterocycles. The van der Waals surface area contributed by atoms with Gasteiger partial charge >= 0.3 is 5.97 Å². The van der Waals surface area contributed by atoms with Crippen LogP contribution in [0.25, 0.3) is 0 Å². The zero-order valence-corrected chi connectivity index (χ0v) is 21.4. The van der Waals surface area contributed by atoms with E-state index < -0.39 is 5.97 Å². The average Bonchev–Trinajstić information content (AvgIpc) is 2.91. The van der Waals surface area contributed by atoms with Gasteiger partial charge in [0.05, 0.1) is 38.1 Å². The number of ether oxygens (including phenoxy) is 3. The van der Waals surface area contributed by atoms with Crippen molar-refractivity contribution in [3.8, 4) is 11.5 Å². The molecule has 1 heterocycles. The Labute approximate surface area is 217 Å². The van der Waals surface area contributed by atoms with E-state index in [1.54, 1.807) is 30.2 Å². The molecule has 0 radical (unpaired) electrons. The van der Waals surface area contributed by atoms with Crippen molar-refractivity contribution in [2.24, 2.45) is 0 Å². The Morgan fingerprint density at radius 3 is 2.32 bits per heavy atom. The van der Waals surface area contributed by atoms with Gasteiger partial charge in [-0.1, -0.05) is 35.9 Å². The van der Waals surface area contributed by atoms with E-state index in [1.165, 1.54) is 12.5 Å². The minimum absolute atomic E-state index is 0.156. The lowest BCUT2D eigenvalue weighted by atomic mass is 10.1. The van der Waals surface area contributed by atoms with Crippen LogP contribution in [0.2, 0.25) is 0 Å². The molecule has 0 atom stereocenters. The molecule has 1 fully saturated rings. The standard InChI is InChI=1S/C29H32N2O6/c1-20-4-6-22(7-5-20)19-37-27-11-8-23(16-28(27)35-3)18-31(21(2)32)24-9-10-26(25(17-24)29(33)34)30-12-14-36-15-13-30/h4-11,16-17H,12-15,18-19H2,1-3H3,(H,33,34). The second-order valence-electron chi connectivity index (χ2n) is 8.97. The van der Waals surface area contributed by atoms with Gasteiger partial charge < -0.3 is 29.1 Å². The van der Waals surface area contributed by atoms with Crippen molar-refractivity contribution >= 4 is 23.3 Å². The molecule has 3 aromatic rings. The fourth-order valence-electron chi connectivity index (χ4n) is 4.29. The minimum atomic E-state index is -1.04. The fourth-order valence-corrected chi connectivity index (χ4v) is 4.29. The van der Waals surface area contributed by atoms with Gasteiger partial charge in [-0.05, 0) is 48.4 Å². The summed E-state index contributed by atoms with van der Waals surface area (Å²) in [6, 6.07) is 18.8. The molecule has 8 nitrogen and oxygen atoms in total. The molecule has 4 rings (SSSR count). The summed E-state index contributed by atoms with van der Waals surface area (Å²) in [6.45, 7) is 6.50. The molecule has 37 heavy (non-hydrogen) atoms. The van der Waals surface area contributed by atoms with Crippen LogP contribution in [0.15, 0.2) is 60.7 Å².